The zero-order valence-corrected chi connectivity index (χ0v) is 17.7. The first-order valence-electron chi connectivity index (χ1n) is 9.56. The smallest absolute Gasteiger partial charge is 0.331 e. The van der Waals surface area contributed by atoms with Crippen LogP contribution in [0, 0.1) is 0 Å². The third-order valence-corrected chi connectivity index (χ3v) is 4.14. The van der Waals surface area contributed by atoms with Crippen LogP contribution in [0.2, 0.25) is 0 Å². The Morgan fingerprint density at radius 1 is 0.968 bits per heavy atom. The highest BCUT2D eigenvalue weighted by Gasteiger charge is 2.21. The minimum atomic E-state index is -0.713. The van der Waals surface area contributed by atoms with Crippen LogP contribution >= 0.6 is 0 Å². The molecule has 1 amide bonds. The van der Waals surface area contributed by atoms with Crippen molar-refractivity contribution in [3.05, 3.63) is 60.2 Å². The molecular formula is C23H25NO7. The molecule has 0 N–H and O–H groups in total. The highest BCUT2D eigenvalue weighted by atomic mass is 16.5. The number of carbonyl (C=O) groups is 3. The normalized spacial score (nSPS) is 10.4. The van der Waals surface area contributed by atoms with Gasteiger partial charge >= 0.3 is 11.9 Å². The second-order valence-corrected chi connectivity index (χ2v) is 6.17. The van der Waals surface area contributed by atoms with Gasteiger partial charge in [0, 0.05) is 23.4 Å². The van der Waals surface area contributed by atoms with Gasteiger partial charge in [-0.15, -0.1) is 0 Å². The Hall–Kier alpha value is -3.81. The van der Waals surface area contributed by atoms with E-state index in [0.717, 1.165) is 0 Å². The molecule has 0 aliphatic heterocycles. The number of para-hydroxylation sites is 1. The highest BCUT2D eigenvalue weighted by molar-refractivity contribution is 5.99. The molecule has 0 saturated heterocycles. The molecule has 2 aromatic rings. The zero-order chi connectivity index (χ0) is 22.6. The molecule has 0 heterocycles. The van der Waals surface area contributed by atoms with Crippen molar-refractivity contribution in [1.29, 1.82) is 0 Å². The number of esters is 2. The molecule has 0 saturated carbocycles. The monoisotopic (exact) mass is 427 g/mol. The number of rotatable bonds is 10. The van der Waals surface area contributed by atoms with E-state index in [1.54, 1.807) is 62.6 Å². The molecule has 2 aromatic carbocycles. The summed E-state index contributed by atoms with van der Waals surface area (Å²) >= 11 is 0. The second-order valence-electron chi connectivity index (χ2n) is 6.17. The first kappa shape index (κ1) is 23.5. The van der Waals surface area contributed by atoms with E-state index in [2.05, 4.69) is 0 Å². The molecule has 0 radical (unpaired) electrons. The third kappa shape index (κ3) is 7.18. The largest absolute Gasteiger partial charge is 0.497 e. The molecule has 8 heteroatoms. The van der Waals surface area contributed by atoms with Crippen LogP contribution in [0.4, 0.5) is 5.69 Å². The number of anilines is 1. The summed E-state index contributed by atoms with van der Waals surface area (Å²) < 4.78 is 20.4. The van der Waals surface area contributed by atoms with Gasteiger partial charge in [-0.05, 0) is 37.3 Å². The van der Waals surface area contributed by atoms with Gasteiger partial charge < -0.3 is 18.9 Å². The summed E-state index contributed by atoms with van der Waals surface area (Å²) in [7, 11) is 3.05. The maximum atomic E-state index is 12.6. The second kappa shape index (κ2) is 12.0. The van der Waals surface area contributed by atoms with E-state index in [1.807, 2.05) is 0 Å². The summed E-state index contributed by atoms with van der Waals surface area (Å²) in [4.78, 5) is 37.8. The lowest BCUT2D eigenvalue weighted by atomic mass is 10.2. The summed E-state index contributed by atoms with van der Waals surface area (Å²) in [6.07, 6.45) is 2.70. The topological polar surface area (TPSA) is 91.4 Å². The molecule has 31 heavy (non-hydrogen) atoms. The fraction of sp³-hybridized carbons (Fsp3) is 0.261. The van der Waals surface area contributed by atoms with E-state index in [9.17, 15) is 14.4 Å². The Morgan fingerprint density at radius 2 is 1.71 bits per heavy atom. The Kier molecular flexibility index (Phi) is 9.10. The van der Waals surface area contributed by atoms with Crippen molar-refractivity contribution in [1.82, 2.24) is 0 Å². The minimum absolute atomic E-state index is 0.199. The van der Waals surface area contributed by atoms with Crippen molar-refractivity contribution in [2.45, 2.75) is 6.92 Å². The fourth-order valence-corrected chi connectivity index (χ4v) is 2.64. The van der Waals surface area contributed by atoms with Crippen molar-refractivity contribution < 1.29 is 33.3 Å². The minimum Gasteiger partial charge on any atom is -0.497 e. The highest BCUT2D eigenvalue weighted by Crippen LogP contribution is 2.25. The summed E-state index contributed by atoms with van der Waals surface area (Å²) in [5.41, 5.74) is 1.13. The first-order chi connectivity index (χ1) is 15.0. The van der Waals surface area contributed by atoms with Crippen molar-refractivity contribution in [2.24, 2.45) is 0 Å². The Bertz CT molecular complexity index is 925. The van der Waals surface area contributed by atoms with Gasteiger partial charge in [0.05, 0.1) is 20.8 Å². The van der Waals surface area contributed by atoms with Crippen LogP contribution in [0.3, 0.4) is 0 Å². The molecule has 0 fully saturated rings. The van der Waals surface area contributed by atoms with E-state index in [4.69, 9.17) is 18.9 Å². The predicted octanol–water partition coefficient (Wildman–Crippen LogP) is 2.86. The van der Waals surface area contributed by atoms with Gasteiger partial charge in [0.25, 0.3) is 5.91 Å². The molecule has 0 aliphatic carbocycles. The number of methoxy groups -OCH3 is 2. The quantitative estimate of drug-likeness (QED) is 0.425. The molecule has 0 atom stereocenters. The number of amides is 1. The standard InChI is InChI=1S/C23H25NO7/c1-4-30-23(27)15-24(18-8-6-5-7-9-18)21(25)16-31-22(26)13-11-17-10-12-19(28-2)14-20(17)29-3/h5-14H,4,15-16H2,1-3H3/b13-11+. The van der Waals surface area contributed by atoms with Crippen LogP contribution < -0.4 is 14.4 Å². The Balaban J connectivity index is 2.02. The lowest BCUT2D eigenvalue weighted by Gasteiger charge is -2.21. The average molecular weight is 427 g/mol. The maximum Gasteiger partial charge on any atom is 0.331 e. The van der Waals surface area contributed by atoms with E-state index >= 15 is 0 Å². The number of hydrogen-bond acceptors (Lipinski definition) is 7. The van der Waals surface area contributed by atoms with Gasteiger partial charge in [-0.2, -0.15) is 0 Å². The van der Waals surface area contributed by atoms with Crippen LogP contribution in [0.25, 0.3) is 6.08 Å². The molecule has 0 unspecified atom stereocenters. The van der Waals surface area contributed by atoms with Crippen molar-refractivity contribution in [2.75, 3.05) is 38.9 Å². The van der Waals surface area contributed by atoms with E-state index < -0.39 is 24.5 Å². The lowest BCUT2D eigenvalue weighted by Crippen LogP contribution is -2.39. The number of benzene rings is 2. The van der Waals surface area contributed by atoms with Crippen LogP contribution in [-0.2, 0) is 23.9 Å². The van der Waals surface area contributed by atoms with Crippen molar-refractivity contribution >= 4 is 29.6 Å². The van der Waals surface area contributed by atoms with Gasteiger partial charge in [-0.3, -0.25) is 14.5 Å². The molecular weight excluding hydrogens is 402 g/mol. The SMILES string of the molecule is CCOC(=O)CN(C(=O)COC(=O)/C=C/c1ccc(OC)cc1OC)c1ccccc1. The number of carbonyl (C=O) groups excluding carboxylic acids is 3. The lowest BCUT2D eigenvalue weighted by molar-refractivity contribution is -0.144. The van der Waals surface area contributed by atoms with Crippen LogP contribution in [0.1, 0.15) is 12.5 Å². The van der Waals surface area contributed by atoms with Crippen LogP contribution in [0.15, 0.2) is 54.6 Å². The first-order valence-corrected chi connectivity index (χ1v) is 9.56. The summed E-state index contributed by atoms with van der Waals surface area (Å²) in [6, 6.07) is 13.7. The average Bonchev–Trinajstić information content (AvgIpc) is 2.80. The van der Waals surface area contributed by atoms with Crippen LogP contribution in [0.5, 0.6) is 11.5 Å². The predicted molar refractivity (Wildman–Crippen MR) is 115 cm³/mol. The molecule has 0 bridgehead atoms. The third-order valence-electron chi connectivity index (χ3n) is 4.14. The molecule has 0 aliphatic rings. The number of nitrogens with zero attached hydrogens (tertiary/aromatic N) is 1. The van der Waals surface area contributed by atoms with Crippen molar-refractivity contribution in [3.8, 4) is 11.5 Å². The molecule has 2 rings (SSSR count). The number of hydrogen-bond donors (Lipinski definition) is 0. The summed E-state index contributed by atoms with van der Waals surface area (Å²) in [5.74, 6) is -0.690. The molecule has 0 spiro atoms. The van der Waals surface area contributed by atoms with E-state index in [-0.39, 0.29) is 13.2 Å². The van der Waals surface area contributed by atoms with Gasteiger partial charge in [-0.1, -0.05) is 18.2 Å². The van der Waals surface area contributed by atoms with Gasteiger partial charge in [0.1, 0.15) is 18.0 Å². The molecule has 8 nitrogen and oxygen atoms in total. The fourth-order valence-electron chi connectivity index (χ4n) is 2.64. The zero-order valence-electron chi connectivity index (χ0n) is 17.7. The van der Waals surface area contributed by atoms with Gasteiger partial charge in [0.2, 0.25) is 0 Å². The molecule has 164 valence electrons. The van der Waals surface area contributed by atoms with E-state index in [0.29, 0.717) is 22.7 Å². The molecule has 0 aromatic heterocycles. The summed E-state index contributed by atoms with van der Waals surface area (Å²) in [6.45, 7) is 1.06. The van der Waals surface area contributed by atoms with Gasteiger partial charge in [0.15, 0.2) is 6.61 Å². The Morgan fingerprint density at radius 3 is 2.35 bits per heavy atom. The van der Waals surface area contributed by atoms with Crippen molar-refractivity contribution in [3.63, 3.8) is 0 Å². The summed E-state index contributed by atoms with van der Waals surface area (Å²) in [5, 5.41) is 0. The number of ether oxygens (including phenoxy) is 4. The maximum absolute atomic E-state index is 12.6. The Labute approximate surface area is 181 Å². The van der Waals surface area contributed by atoms with Crippen LogP contribution in [-0.4, -0.2) is 51.8 Å². The van der Waals surface area contributed by atoms with E-state index in [1.165, 1.54) is 24.2 Å². The van der Waals surface area contributed by atoms with Gasteiger partial charge in [-0.25, -0.2) is 4.79 Å².